The summed E-state index contributed by atoms with van der Waals surface area (Å²) in [5.74, 6) is -7.89. The largest absolute Gasteiger partial charge is 0.370 e. The van der Waals surface area contributed by atoms with Gasteiger partial charge in [-0.2, -0.15) is 0 Å². The molecule has 2 aromatic rings. The van der Waals surface area contributed by atoms with Gasteiger partial charge in [0.15, 0.2) is 5.96 Å². The van der Waals surface area contributed by atoms with E-state index in [1.807, 2.05) is 30.3 Å². The molecule has 2 heterocycles. The lowest BCUT2D eigenvalue weighted by Gasteiger charge is -2.37. The highest BCUT2D eigenvalue weighted by atomic mass is 33.1. The van der Waals surface area contributed by atoms with Crippen LogP contribution in [-0.2, 0) is 60.8 Å². The first-order valence-corrected chi connectivity index (χ1v) is 28.3. The summed E-state index contributed by atoms with van der Waals surface area (Å²) < 4.78 is -0.697. The minimum Gasteiger partial charge on any atom is -0.370 e. The molecule has 7 atom stereocenters. The number of benzene rings is 2. The van der Waals surface area contributed by atoms with Crippen molar-refractivity contribution in [3.63, 3.8) is 0 Å². The number of nitrogens with two attached hydrogens (primary N) is 5. The first kappa shape index (κ1) is 60.9. The summed E-state index contributed by atoms with van der Waals surface area (Å²) in [7, 11) is 2.59. The van der Waals surface area contributed by atoms with E-state index in [0.29, 0.717) is 24.8 Å². The van der Waals surface area contributed by atoms with E-state index in [4.69, 9.17) is 28.7 Å². The van der Waals surface area contributed by atoms with Crippen molar-refractivity contribution in [2.24, 2.45) is 33.7 Å². The molecule has 26 heteroatoms. The summed E-state index contributed by atoms with van der Waals surface area (Å²) in [5.41, 5.74) is 29.1. The van der Waals surface area contributed by atoms with Crippen LogP contribution >= 0.6 is 21.6 Å². The molecule has 0 bridgehead atoms. The van der Waals surface area contributed by atoms with Crippen molar-refractivity contribution in [3.8, 4) is 0 Å². The summed E-state index contributed by atoms with van der Waals surface area (Å²) in [4.78, 5) is 144. The van der Waals surface area contributed by atoms with Gasteiger partial charge in [0.2, 0.25) is 59.1 Å². The minimum absolute atomic E-state index is 0.0121. The van der Waals surface area contributed by atoms with E-state index in [-0.39, 0.29) is 82.7 Å². The first-order valence-electron chi connectivity index (χ1n) is 26.0. The van der Waals surface area contributed by atoms with Crippen LogP contribution in [0.1, 0.15) is 94.6 Å². The molecule has 2 saturated heterocycles. The van der Waals surface area contributed by atoms with Crippen molar-refractivity contribution in [2.75, 3.05) is 31.9 Å². The van der Waals surface area contributed by atoms with Crippen LogP contribution in [0.25, 0.3) is 0 Å². The van der Waals surface area contributed by atoms with Gasteiger partial charge in [0.05, 0.1) is 13.0 Å². The second-order valence-electron chi connectivity index (χ2n) is 19.5. The number of hydrogen-bond acceptors (Lipinski definition) is 14. The number of rotatable bonds is 19. The molecule has 1 saturated carbocycles. The van der Waals surface area contributed by atoms with Gasteiger partial charge in [0.25, 0.3) is 0 Å². The van der Waals surface area contributed by atoms with Crippen LogP contribution in [0.15, 0.2) is 65.7 Å². The third-order valence-electron chi connectivity index (χ3n) is 13.4. The number of aliphatic imine (C=N–C) groups is 1. The average Bonchev–Trinajstić information content (AvgIpc) is 3.90. The SMILES string of the molecule is NCCC[C@@H]1NC(=O)[C@H](Cc2ccccc2)NC(=O)[C@@H](Cc2ccccc2)NC(=O)CC2(CCCCC2)SSC[C@@H](C(=O)N2CCC[C@H]2C(=O)N[C@@H](CCCN=C(N)N)C(=O)NCC(N)=O)NC(=O)[C@H](CC(N)=O)NC1=O. The summed E-state index contributed by atoms with van der Waals surface area (Å²) in [6.07, 6.45) is 4.02. The van der Waals surface area contributed by atoms with Crippen molar-refractivity contribution in [3.05, 3.63) is 71.8 Å². The van der Waals surface area contributed by atoms with E-state index in [2.05, 4.69) is 42.2 Å². The Hall–Kier alpha value is -6.93. The maximum absolute atomic E-state index is 14.9. The first-order chi connectivity index (χ1) is 36.9. The molecule has 10 amide bonds. The topological polar surface area (TPSA) is 401 Å². The predicted octanol–water partition coefficient (Wildman–Crippen LogP) is -1.87. The molecule has 0 aromatic heterocycles. The van der Waals surface area contributed by atoms with Crippen LogP contribution < -0.4 is 65.9 Å². The van der Waals surface area contributed by atoms with Crippen LogP contribution in [0.3, 0.4) is 0 Å². The van der Waals surface area contributed by atoms with Gasteiger partial charge >= 0.3 is 0 Å². The van der Waals surface area contributed by atoms with Crippen LogP contribution in [0.5, 0.6) is 0 Å². The number of amides is 10. The molecule has 2 aliphatic heterocycles. The van der Waals surface area contributed by atoms with Crippen LogP contribution in [0.4, 0.5) is 0 Å². The van der Waals surface area contributed by atoms with Crippen molar-refractivity contribution in [2.45, 2.75) is 143 Å². The quantitative estimate of drug-likeness (QED) is 0.0317. The Morgan fingerprint density at radius 2 is 1.30 bits per heavy atom. The molecule has 420 valence electrons. The zero-order valence-corrected chi connectivity index (χ0v) is 44.8. The zero-order valence-electron chi connectivity index (χ0n) is 43.1. The van der Waals surface area contributed by atoms with Gasteiger partial charge in [0.1, 0.15) is 42.3 Å². The van der Waals surface area contributed by atoms with E-state index in [1.165, 1.54) is 26.5 Å². The lowest BCUT2D eigenvalue weighted by atomic mass is 9.85. The number of likely N-dealkylation sites (tertiary alicyclic amines) is 1. The van der Waals surface area contributed by atoms with E-state index in [0.717, 1.165) is 24.8 Å². The molecule has 2 aromatic carbocycles. The van der Waals surface area contributed by atoms with Crippen molar-refractivity contribution in [1.82, 2.24) is 42.1 Å². The smallest absolute Gasteiger partial charge is 0.246 e. The third-order valence-corrected chi connectivity index (χ3v) is 16.7. The molecule has 0 radical (unpaired) electrons. The molecule has 1 aliphatic carbocycles. The lowest BCUT2D eigenvalue weighted by Crippen LogP contribution is -2.61. The fourth-order valence-electron chi connectivity index (χ4n) is 9.48. The predicted molar refractivity (Wildman–Crippen MR) is 291 cm³/mol. The van der Waals surface area contributed by atoms with Gasteiger partial charge in [-0.3, -0.25) is 52.9 Å². The highest BCUT2D eigenvalue weighted by molar-refractivity contribution is 8.77. The van der Waals surface area contributed by atoms with Crippen molar-refractivity contribution >= 4 is 86.6 Å². The van der Waals surface area contributed by atoms with Crippen molar-refractivity contribution < 1.29 is 47.9 Å². The van der Waals surface area contributed by atoms with Crippen LogP contribution in [0.2, 0.25) is 0 Å². The number of carbonyl (C=O) groups is 10. The van der Waals surface area contributed by atoms with E-state index < -0.39 is 119 Å². The Labute approximate surface area is 455 Å². The molecule has 77 heavy (non-hydrogen) atoms. The lowest BCUT2D eigenvalue weighted by molar-refractivity contribution is -0.142. The summed E-state index contributed by atoms with van der Waals surface area (Å²) in [6.45, 7) is -0.205. The van der Waals surface area contributed by atoms with E-state index >= 15 is 0 Å². The number of nitrogens with zero attached hydrogens (tertiary/aromatic N) is 2. The molecular weight excluding hydrogens is 1030 g/mol. The minimum atomic E-state index is -1.67. The van der Waals surface area contributed by atoms with Gasteiger partial charge < -0.3 is 70.8 Å². The monoisotopic (exact) mass is 1110 g/mol. The fourth-order valence-corrected chi connectivity index (χ4v) is 12.8. The van der Waals surface area contributed by atoms with Crippen LogP contribution in [0, 0.1) is 0 Å². The number of carbonyl (C=O) groups excluding carboxylic acids is 10. The molecule has 3 fully saturated rings. The molecule has 3 aliphatic rings. The van der Waals surface area contributed by atoms with Gasteiger partial charge in [-0.1, -0.05) is 102 Å². The highest BCUT2D eigenvalue weighted by Crippen LogP contribution is 2.48. The van der Waals surface area contributed by atoms with Gasteiger partial charge in [0, 0.05) is 42.9 Å². The highest BCUT2D eigenvalue weighted by Gasteiger charge is 2.42. The third kappa shape index (κ3) is 19.9. The molecule has 0 unspecified atom stereocenters. The number of primary amides is 2. The summed E-state index contributed by atoms with van der Waals surface area (Å²) in [6, 6.07) is 8.80. The summed E-state index contributed by atoms with van der Waals surface area (Å²) in [5, 5.41) is 18.9. The van der Waals surface area contributed by atoms with Gasteiger partial charge in [-0.15, -0.1) is 0 Å². The number of nitrogens with one attached hydrogen (secondary N) is 7. The van der Waals surface area contributed by atoms with E-state index in [1.54, 1.807) is 30.3 Å². The van der Waals surface area contributed by atoms with Crippen molar-refractivity contribution in [1.29, 1.82) is 0 Å². The van der Waals surface area contributed by atoms with Gasteiger partial charge in [-0.05, 0) is 69.0 Å². The maximum atomic E-state index is 14.9. The Morgan fingerprint density at radius 1 is 0.714 bits per heavy atom. The van der Waals surface area contributed by atoms with Gasteiger partial charge in [-0.25, -0.2) is 0 Å². The molecule has 24 nitrogen and oxygen atoms in total. The summed E-state index contributed by atoms with van der Waals surface area (Å²) >= 11 is 0. The fraction of sp³-hybridized carbons (Fsp3) is 0.549. The molecular formula is C51H74N14O10S2. The average molecular weight is 1110 g/mol. The molecule has 1 spiro atoms. The molecule has 17 N–H and O–H groups in total. The Bertz CT molecular complexity index is 2410. The Morgan fingerprint density at radius 3 is 1.90 bits per heavy atom. The van der Waals surface area contributed by atoms with E-state index in [9.17, 15) is 47.9 Å². The Kier molecular flexibility index (Phi) is 24.3. The molecule has 5 rings (SSSR count). The maximum Gasteiger partial charge on any atom is 0.246 e. The van der Waals surface area contributed by atoms with Crippen LogP contribution in [-0.4, -0.2) is 149 Å². The second-order valence-corrected chi connectivity index (χ2v) is 22.3. The number of hydrogen-bond donors (Lipinski definition) is 12. The zero-order chi connectivity index (χ0) is 55.9. The number of guanidine groups is 1. The normalized spacial score (nSPS) is 23.1. The Balaban J connectivity index is 1.51. The standard InChI is InChI=1S/C51H74N14O10S2/c52-22-10-17-34-44(70)63-37(27-40(53)66)47(73)64-38(49(75)65-24-12-19-39(65)48(74)61-33(18-11-23-57-50(55)56)43(69)58-29-41(54)67)30-76-77-51(20-8-3-9-21-51)28-42(68)59-35(25-31-13-4-1-5-14-31)45(71)62-36(46(72)60-34)26-32-15-6-2-7-16-32/h1-2,4-7,13-16,33-39H,3,8-12,17-30,52H2,(H2,53,66)(H2,54,67)(H,58,69)(H,59,68)(H,60,72)(H,61,74)(H,62,71)(H,63,70)(H,64,73)(H4,55,56,57)/t33-,34-,35+,36-,37-,38-,39-/m0/s1. The second kappa shape index (κ2) is 30.7.